The van der Waals surface area contributed by atoms with Crippen molar-refractivity contribution >= 4 is 83.7 Å². The van der Waals surface area contributed by atoms with Crippen LogP contribution in [-0.4, -0.2) is 375 Å². The average molecular weight is 1930 g/mol. The van der Waals surface area contributed by atoms with Crippen molar-refractivity contribution in [3.8, 4) is 23.5 Å². The highest BCUT2D eigenvalue weighted by atomic mass is 32.2. The van der Waals surface area contributed by atoms with E-state index in [0.717, 1.165) is 153 Å². The van der Waals surface area contributed by atoms with Gasteiger partial charge >= 0.3 is 30.3 Å². The van der Waals surface area contributed by atoms with Gasteiger partial charge in [-0.3, -0.25) is 4.79 Å². The second kappa shape index (κ2) is 45.8. The fourth-order valence-corrected chi connectivity index (χ4v) is 20.0. The Balaban J connectivity index is 0.000000145. The maximum atomic E-state index is 12.7. The van der Waals surface area contributed by atoms with Gasteiger partial charge in [-0.1, -0.05) is 30.3 Å². The molecule has 1 aromatic carbocycles. The standard InChI is InChI=1S/C28H37N5O7S.2C21H33N5O6S.C19H29N5O3/c1-28(9-10-28)40-27(35)32-11-7-23(8-12-32)19-38-25-18-29-24(17-30-25)31-13-15-33(16-14-31)41(36,37)21-26(34)39-20-22-5-3-2-4-6-22;2*1-21(4-5-21)32-20(28)25-6-2-17(3-7-25)16-31-19-15-22-18(14-23-19)24-8-10-26(11-9-24)33(29,30)13-12-27;1-19(4-5-19)27-18(25)24-8-2-15(3-9-24)14-26-17-13-21-16(12-22-17)23-10-6-20-7-11-23/h2-6,17-18,23H,7-16,19-21H2,1H3;2*14-15,17,27H,2-13,16H2,1H3;12-13,15,20H,2-11,14H2,1H3. The smallest absolute Gasteiger partial charge is 0.410 e. The monoisotopic (exact) mass is 1930 g/mol. The minimum atomic E-state index is -3.78. The number of anilines is 4. The number of piperazine rings is 4. The number of ether oxygens (including phenoxy) is 9. The van der Waals surface area contributed by atoms with Crippen LogP contribution in [0.5, 0.6) is 23.5 Å². The predicted molar refractivity (Wildman–Crippen MR) is 492 cm³/mol. The third kappa shape index (κ3) is 30.1. The van der Waals surface area contributed by atoms with E-state index in [1.54, 1.807) is 64.3 Å². The van der Waals surface area contributed by atoms with Crippen LogP contribution in [0.15, 0.2) is 79.9 Å². The molecule has 738 valence electrons. The van der Waals surface area contributed by atoms with Crippen molar-refractivity contribution in [1.82, 2.24) is 77.7 Å². The van der Waals surface area contributed by atoms with Crippen LogP contribution in [-0.2, 0) is 65.2 Å². The summed E-state index contributed by atoms with van der Waals surface area (Å²) >= 11 is 0. The van der Waals surface area contributed by atoms with Gasteiger partial charge < -0.3 is 97.4 Å². The summed E-state index contributed by atoms with van der Waals surface area (Å²) in [6, 6.07) is 9.12. The number of likely N-dealkylation sites (tertiary alicyclic amines) is 4. The van der Waals surface area contributed by atoms with E-state index in [0.29, 0.717) is 196 Å². The Kier molecular flexibility index (Phi) is 34.2. The van der Waals surface area contributed by atoms with E-state index in [9.17, 15) is 49.2 Å². The first kappa shape index (κ1) is 100. The molecule has 17 rings (SSSR count). The first-order chi connectivity index (χ1) is 64.4. The van der Waals surface area contributed by atoms with Gasteiger partial charge in [-0.05, 0) is 160 Å². The molecule has 0 radical (unpaired) electrons. The molecule has 12 aliphatic rings. The Hall–Kier alpha value is -9.90. The van der Waals surface area contributed by atoms with Crippen LogP contribution in [0, 0.1) is 23.7 Å². The third-order valence-corrected chi connectivity index (χ3v) is 32.0. The summed E-state index contributed by atoms with van der Waals surface area (Å²) in [5.41, 5.74) is -0.148. The Morgan fingerprint density at radius 2 is 0.612 bits per heavy atom. The number of sulfonamides is 3. The molecule has 4 saturated carbocycles. The Bertz CT molecular complexity index is 4810. The number of nitrogens with one attached hydrogen (secondary N) is 1. The van der Waals surface area contributed by atoms with Gasteiger partial charge in [-0.15, -0.1) is 0 Å². The first-order valence-electron chi connectivity index (χ1n) is 47.1. The Labute approximate surface area is 784 Å². The molecule has 0 atom stereocenters. The number of aliphatic hydroxyl groups is 2. The highest BCUT2D eigenvalue weighted by Crippen LogP contribution is 2.43. The van der Waals surface area contributed by atoms with E-state index in [4.69, 9.17) is 52.8 Å². The van der Waals surface area contributed by atoms with Gasteiger partial charge in [0.15, 0.2) is 5.75 Å². The molecule has 0 bridgehead atoms. The number of benzene rings is 1. The number of hydrogen-bond donors (Lipinski definition) is 3. The molecule has 12 fully saturated rings. The molecular weight excluding hydrogens is 1800 g/mol. The number of carbonyl (C=O) groups excluding carboxylic acids is 5. The minimum Gasteiger partial charge on any atom is -0.476 e. The summed E-state index contributed by atoms with van der Waals surface area (Å²) in [6.45, 7) is 23.5. The second-order valence-electron chi connectivity index (χ2n) is 37.5. The number of esters is 1. The lowest BCUT2D eigenvalue weighted by molar-refractivity contribution is -0.141. The largest absolute Gasteiger partial charge is 0.476 e. The molecule has 134 heavy (non-hydrogen) atoms. The Morgan fingerprint density at radius 3 is 0.858 bits per heavy atom. The van der Waals surface area contributed by atoms with Crippen LogP contribution in [0.1, 0.15) is 136 Å². The normalized spacial score (nSPS) is 21.1. The second-order valence-corrected chi connectivity index (χ2v) is 43.6. The zero-order chi connectivity index (χ0) is 94.5. The first-order valence-corrected chi connectivity index (χ1v) is 52.0. The summed E-state index contributed by atoms with van der Waals surface area (Å²) in [4.78, 5) is 112. The van der Waals surface area contributed by atoms with Crippen LogP contribution < -0.4 is 43.9 Å². The van der Waals surface area contributed by atoms with Gasteiger partial charge in [0.05, 0.1) is 101 Å². The molecule has 4 aromatic heterocycles. The maximum absolute atomic E-state index is 12.7. The zero-order valence-corrected chi connectivity index (χ0v) is 79.9. The number of piperidine rings is 4. The van der Waals surface area contributed by atoms with Crippen LogP contribution in [0.25, 0.3) is 0 Å². The van der Waals surface area contributed by atoms with Crippen LogP contribution in [0.3, 0.4) is 0 Å². The summed E-state index contributed by atoms with van der Waals surface area (Å²) in [5.74, 6) is 4.28. The number of aromatic nitrogens is 8. The highest BCUT2D eigenvalue weighted by molar-refractivity contribution is 7.90. The summed E-state index contributed by atoms with van der Waals surface area (Å²) in [7, 11) is -10.6. The van der Waals surface area contributed by atoms with E-state index in [2.05, 4.69) is 50.1 Å². The number of hydrogen-bond acceptors (Lipinski definition) is 35. The van der Waals surface area contributed by atoms with E-state index in [1.807, 2.05) is 77.6 Å². The average Bonchev–Trinajstić information content (AvgIpc) is 1.71. The minimum absolute atomic E-state index is 0.0383. The molecule has 4 amide bonds. The van der Waals surface area contributed by atoms with Gasteiger partial charge in [0, 0.05) is 157 Å². The molecule has 5 aromatic rings. The summed E-state index contributed by atoms with van der Waals surface area (Å²) in [6.07, 6.45) is 27.0. The van der Waals surface area contributed by atoms with E-state index < -0.39 is 41.8 Å². The molecule has 4 aliphatic carbocycles. The number of amides is 4. The Morgan fingerprint density at radius 1 is 0.351 bits per heavy atom. The van der Waals surface area contributed by atoms with Crippen molar-refractivity contribution < 1.29 is 102 Å². The maximum Gasteiger partial charge on any atom is 0.410 e. The van der Waals surface area contributed by atoms with Gasteiger partial charge in [0.2, 0.25) is 53.6 Å². The summed E-state index contributed by atoms with van der Waals surface area (Å²) in [5, 5.41) is 21.2. The van der Waals surface area contributed by atoms with Crippen molar-refractivity contribution in [1.29, 1.82) is 0 Å². The topological polar surface area (TPSA) is 462 Å². The van der Waals surface area contributed by atoms with Crippen LogP contribution >= 0.6 is 0 Å². The van der Waals surface area contributed by atoms with Gasteiger partial charge in [-0.25, -0.2) is 84.3 Å². The molecule has 3 N–H and O–H groups in total. The molecule has 42 nitrogen and oxygen atoms in total. The highest BCUT2D eigenvalue weighted by Gasteiger charge is 2.47. The SMILES string of the molecule is CC1(OC(=O)N2CCC(COc3cnc(N4CCN(S(=O)(=O)CC(=O)OCc5ccccc5)CC4)cn3)CC2)CC1.CC1(OC(=O)N2CCC(COc3cnc(N4CCN(S(=O)(=O)CCO)CC4)cn3)CC2)CC1.CC1(OC(=O)N2CCC(COc3cnc(N4CCN(S(=O)(=O)CCO)CC4)cn3)CC2)CC1.CC1(OC(=O)N2CCC(COc3cnc(N4CCNCC4)cn3)CC2)CC1. The number of nitrogens with zero attached hydrogens (tertiary/aromatic N) is 19. The predicted octanol–water partition coefficient (Wildman–Crippen LogP) is 5.52. The molecule has 8 saturated heterocycles. The number of carbonyl (C=O) groups is 5. The molecule has 0 unspecified atom stereocenters. The van der Waals surface area contributed by atoms with E-state index in [1.165, 1.54) is 12.9 Å². The lowest BCUT2D eigenvalue weighted by atomic mass is 9.98. The van der Waals surface area contributed by atoms with Gasteiger partial charge in [0.1, 0.15) is 52.3 Å². The fourth-order valence-electron chi connectivity index (χ4n) is 16.3. The lowest BCUT2D eigenvalue weighted by Crippen LogP contribution is -2.50. The molecule has 8 aliphatic heterocycles. The van der Waals surface area contributed by atoms with Crippen molar-refractivity contribution in [2.75, 3.05) is 234 Å². The third-order valence-electron chi connectivity index (χ3n) is 26.5. The van der Waals surface area contributed by atoms with Crippen LogP contribution in [0.4, 0.5) is 42.4 Å². The zero-order valence-electron chi connectivity index (χ0n) is 77.5. The van der Waals surface area contributed by atoms with E-state index in [-0.39, 0.29) is 91.2 Å². The quantitative estimate of drug-likeness (QED) is 0.0363. The van der Waals surface area contributed by atoms with Crippen molar-refractivity contribution in [3.05, 3.63) is 85.5 Å². The number of aliphatic hydroxyl groups excluding tert-OH is 2. The lowest BCUT2D eigenvalue weighted by Gasteiger charge is -2.34. The number of rotatable bonds is 31. The molecule has 45 heteroatoms. The molecular formula is C89H132N20O22S3. The summed E-state index contributed by atoms with van der Waals surface area (Å²) < 4.78 is 129. The van der Waals surface area contributed by atoms with Crippen molar-refractivity contribution in [2.24, 2.45) is 23.7 Å². The van der Waals surface area contributed by atoms with Crippen LogP contribution in [0.2, 0.25) is 0 Å². The van der Waals surface area contributed by atoms with Crippen molar-refractivity contribution in [3.63, 3.8) is 0 Å². The molecule has 0 spiro atoms. The molecule has 12 heterocycles. The van der Waals surface area contributed by atoms with Crippen molar-refractivity contribution in [2.45, 2.75) is 159 Å². The van der Waals surface area contributed by atoms with E-state index >= 15 is 0 Å². The van der Waals surface area contributed by atoms with Gasteiger partial charge in [0.25, 0.3) is 0 Å². The van der Waals surface area contributed by atoms with Gasteiger partial charge in [-0.2, -0.15) is 12.9 Å². The fraction of sp³-hybridized carbons (Fsp3) is 0.697.